The van der Waals surface area contributed by atoms with E-state index in [-0.39, 0.29) is 0 Å². The molecule has 0 aliphatic carbocycles. The first-order valence-corrected chi connectivity index (χ1v) is 21.2. The van der Waals surface area contributed by atoms with Crippen molar-refractivity contribution in [2.75, 3.05) is 7.11 Å². The monoisotopic (exact) mass is 882 g/mol. The molecule has 7 heteroatoms. The summed E-state index contributed by atoms with van der Waals surface area (Å²) in [5, 5.41) is 1.43. The first-order valence-electron chi connectivity index (χ1n) is 18.9. The van der Waals surface area contributed by atoms with Gasteiger partial charge in [-0.25, -0.2) is 0 Å². The Kier molecular flexibility index (Phi) is 14.0. The van der Waals surface area contributed by atoms with Crippen molar-refractivity contribution in [1.29, 1.82) is 0 Å². The molecule has 0 atom stereocenters. The van der Waals surface area contributed by atoms with E-state index in [0.717, 1.165) is 74.2 Å². The predicted octanol–water partition coefficient (Wildman–Crippen LogP) is 13.5. The van der Waals surface area contributed by atoms with E-state index in [1.165, 1.54) is 5.56 Å². The molecule has 7 aromatic carbocycles. The highest BCUT2D eigenvalue weighted by atomic mass is 79.9. The molecule has 57 heavy (non-hydrogen) atoms. The quantitative estimate of drug-likeness (QED) is 0.0804. The van der Waals surface area contributed by atoms with Gasteiger partial charge in [-0.05, 0) is 111 Å². The third-order valence-electron chi connectivity index (χ3n) is 9.62. The minimum absolute atomic E-state index is 0.430. The van der Waals surface area contributed by atoms with Gasteiger partial charge in [-0.3, -0.25) is 0 Å². The summed E-state index contributed by atoms with van der Waals surface area (Å²) in [6.45, 7) is 1.35. The summed E-state index contributed by atoms with van der Waals surface area (Å²) in [4.78, 5) is 0. The minimum atomic E-state index is 0.430. The zero-order valence-corrected chi connectivity index (χ0v) is 35.0. The van der Waals surface area contributed by atoms with Crippen LogP contribution in [0.5, 0.6) is 34.5 Å². The van der Waals surface area contributed by atoms with E-state index in [2.05, 4.69) is 123 Å². The fourth-order valence-electron chi connectivity index (χ4n) is 6.54. The Bertz CT molecular complexity index is 2330. The molecule has 0 aliphatic heterocycles. The zero-order chi connectivity index (χ0) is 39.2. The normalized spacial score (nSPS) is 10.9. The molecule has 0 saturated carbocycles. The van der Waals surface area contributed by atoms with Crippen molar-refractivity contribution in [3.05, 3.63) is 203 Å². The van der Waals surface area contributed by atoms with E-state index < -0.39 is 0 Å². The van der Waals surface area contributed by atoms with Gasteiger partial charge in [0, 0.05) is 10.7 Å². The summed E-state index contributed by atoms with van der Waals surface area (Å²) >= 11 is 7.31. The van der Waals surface area contributed by atoms with E-state index in [4.69, 9.17) is 23.7 Å². The maximum absolute atomic E-state index is 6.51. The summed E-state index contributed by atoms with van der Waals surface area (Å²) in [6, 6.07) is 55.5. The van der Waals surface area contributed by atoms with Crippen molar-refractivity contribution in [3.63, 3.8) is 0 Å². The number of hydrogen-bond acceptors (Lipinski definition) is 5. The Morgan fingerprint density at radius 2 is 0.965 bits per heavy atom. The van der Waals surface area contributed by atoms with E-state index in [1.54, 1.807) is 7.11 Å². The van der Waals surface area contributed by atoms with Gasteiger partial charge >= 0.3 is 0 Å². The maximum Gasteiger partial charge on any atom is 0.169 e. The Morgan fingerprint density at radius 3 is 1.56 bits per heavy atom. The Hall–Kier alpha value is -5.50. The number of ether oxygens (including phenoxy) is 5. The zero-order valence-electron chi connectivity index (χ0n) is 31.8. The van der Waals surface area contributed by atoms with Gasteiger partial charge in [-0.1, -0.05) is 147 Å². The van der Waals surface area contributed by atoms with Gasteiger partial charge in [0.2, 0.25) is 0 Å². The lowest BCUT2D eigenvalue weighted by molar-refractivity contribution is 0.284. The van der Waals surface area contributed by atoms with Gasteiger partial charge in [0.1, 0.15) is 31.3 Å². The van der Waals surface area contributed by atoms with Crippen LogP contribution in [0.4, 0.5) is 0 Å². The van der Waals surface area contributed by atoms with Gasteiger partial charge < -0.3 is 23.7 Å². The summed E-state index contributed by atoms with van der Waals surface area (Å²) in [5.41, 5.74) is 10.0. The topological polar surface area (TPSA) is 46.2 Å². The van der Waals surface area contributed by atoms with Crippen LogP contribution in [0.2, 0.25) is 0 Å². The third-order valence-corrected chi connectivity index (χ3v) is 10.9. The lowest BCUT2D eigenvalue weighted by Crippen LogP contribution is -2.02. The first-order chi connectivity index (χ1) is 28.1. The highest BCUT2D eigenvalue weighted by molar-refractivity contribution is 9.08. The van der Waals surface area contributed by atoms with Crippen LogP contribution < -0.4 is 23.7 Å². The molecule has 0 unspecified atom stereocenters. The van der Waals surface area contributed by atoms with E-state index >= 15 is 0 Å². The minimum Gasteiger partial charge on any atom is -0.493 e. The van der Waals surface area contributed by atoms with Crippen LogP contribution in [0.15, 0.2) is 164 Å². The molecule has 5 nitrogen and oxygen atoms in total. The second-order valence-corrected chi connectivity index (χ2v) is 14.7. The fraction of sp³-hybridized carbons (Fsp3) is 0.160. The molecule has 0 aliphatic rings. The van der Waals surface area contributed by atoms with Gasteiger partial charge in [0.05, 0.1) is 7.11 Å². The average Bonchev–Trinajstić information content (AvgIpc) is 3.27. The van der Waals surface area contributed by atoms with Crippen LogP contribution in [0.25, 0.3) is 11.1 Å². The summed E-state index contributed by atoms with van der Waals surface area (Å²) < 4.78 is 31.4. The van der Waals surface area contributed by atoms with Gasteiger partial charge in [0.15, 0.2) is 23.0 Å². The van der Waals surface area contributed by atoms with Crippen LogP contribution in [0, 0.1) is 0 Å². The van der Waals surface area contributed by atoms with Crippen LogP contribution in [-0.4, -0.2) is 7.11 Å². The third kappa shape index (κ3) is 10.9. The second kappa shape index (κ2) is 20.1. The molecule has 0 spiro atoms. The standard InChI is InChI=1S/C50H44Br2O5/c1-53-48-29-42(32-52)46(30-49(48)56-35-40-15-9-4-10-16-40)45-25-24-44(54-33-38-11-5-2-6-12-38)28-41(45)21-17-36-20-26-47(55-34-39-13-7-3-8-14-39)50(27-36)57-43-22-18-37(31-51)19-23-43/h2-16,18-20,22-30H,17,21,31-35H2,1H3. The number of hydrogen-bond donors (Lipinski definition) is 0. The Balaban J connectivity index is 1.20. The number of benzene rings is 7. The molecular formula is C50H44Br2O5. The maximum atomic E-state index is 6.51. The van der Waals surface area contributed by atoms with Crippen LogP contribution in [0.1, 0.15) is 38.9 Å². The lowest BCUT2D eigenvalue weighted by Gasteiger charge is -2.19. The highest BCUT2D eigenvalue weighted by Crippen LogP contribution is 2.40. The molecule has 0 saturated heterocycles. The number of methoxy groups -OCH3 is 1. The van der Waals surface area contributed by atoms with E-state index in [0.29, 0.717) is 48.1 Å². The van der Waals surface area contributed by atoms with Crippen LogP contribution in [-0.2, 0) is 43.3 Å². The number of rotatable bonds is 18. The number of alkyl halides is 2. The van der Waals surface area contributed by atoms with Crippen LogP contribution >= 0.6 is 31.9 Å². The van der Waals surface area contributed by atoms with Crippen molar-refractivity contribution >= 4 is 31.9 Å². The molecule has 288 valence electrons. The van der Waals surface area contributed by atoms with Crippen molar-refractivity contribution in [3.8, 4) is 45.6 Å². The molecule has 0 amide bonds. The smallest absolute Gasteiger partial charge is 0.169 e. The van der Waals surface area contributed by atoms with Crippen molar-refractivity contribution in [1.82, 2.24) is 0 Å². The largest absolute Gasteiger partial charge is 0.493 e. The average molecular weight is 885 g/mol. The molecule has 7 rings (SSSR count). The summed E-state index contributed by atoms with van der Waals surface area (Å²) in [6.07, 6.45) is 1.50. The molecule has 0 fully saturated rings. The van der Waals surface area contributed by atoms with E-state index in [1.807, 2.05) is 72.8 Å². The molecule has 0 N–H and O–H groups in total. The molecule has 0 aromatic heterocycles. The number of aryl methyl sites for hydroxylation is 2. The SMILES string of the molecule is COc1cc(CBr)c(-c2ccc(OCc3ccccc3)cc2CCc2ccc(OCc3ccccc3)c(Oc3ccc(CBr)cc3)c2)cc1OCc1ccccc1. The van der Waals surface area contributed by atoms with Crippen molar-refractivity contribution in [2.45, 2.75) is 43.3 Å². The lowest BCUT2D eigenvalue weighted by atomic mass is 9.92. The van der Waals surface area contributed by atoms with E-state index in [9.17, 15) is 0 Å². The molecule has 0 heterocycles. The molecular weight excluding hydrogens is 840 g/mol. The Labute approximate surface area is 352 Å². The van der Waals surface area contributed by atoms with Gasteiger partial charge in [-0.2, -0.15) is 0 Å². The second-order valence-electron chi connectivity index (χ2n) is 13.6. The summed E-state index contributed by atoms with van der Waals surface area (Å²) in [5.74, 6) is 4.30. The van der Waals surface area contributed by atoms with Gasteiger partial charge in [-0.15, -0.1) is 0 Å². The molecule has 0 bridgehead atoms. The van der Waals surface area contributed by atoms with Crippen LogP contribution in [0.3, 0.4) is 0 Å². The first kappa shape index (κ1) is 39.7. The fourth-order valence-corrected chi connectivity index (χ4v) is 7.37. The molecule has 7 aromatic rings. The Morgan fingerprint density at radius 1 is 0.386 bits per heavy atom. The molecule has 0 radical (unpaired) electrons. The highest BCUT2D eigenvalue weighted by Gasteiger charge is 2.18. The predicted molar refractivity (Wildman–Crippen MR) is 236 cm³/mol. The summed E-state index contributed by atoms with van der Waals surface area (Å²) in [7, 11) is 1.68. The van der Waals surface area contributed by atoms with Gasteiger partial charge in [0.25, 0.3) is 0 Å². The number of halogens is 2. The van der Waals surface area contributed by atoms with Crippen molar-refractivity contribution in [2.24, 2.45) is 0 Å². The van der Waals surface area contributed by atoms with Crippen molar-refractivity contribution < 1.29 is 23.7 Å².